The summed E-state index contributed by atoms with van der Waals surface area (Å²) >= 11 is 1.64. The van der Waals surface area contributed by atoms with Gasteiger partial charge in [0.05, 0.1) is 0 Å². The van der Waals surface area contributed by atoms with Crippen LogP contribution in [-0.2, 0) is 0 Å². The summed E-state index contributed by atoms with van der Waals surface area (Å²) in [5, 5.41) is 15.8. The summed E-state index contributed by atoms with van der Waals surface area (Å²) in [5.41, 5.74) is 4.22. The predicted octanol–water partition coefficient (Wildman–Crippen LogP) is 2.72. The van der Waals surface area contributed by atoms with E-state index >= 15 is 0 Å². The van der Waals surface area contributed by atoms with Crippen LogP contribution < -0.4 is 15.0 Å². The van der Waals surface area contributed by atoms with Crippen molar-refractivity contribution in [2.75, 3.05) is 31.1 Å². The van der Waals surface area contributed by atoms with Gasteiger partial charge in [0.15, 0.2) is 0 Å². The van der Waals surface area contributed by atoms with Gasteiger partial charge < -0.3 is 20.1 Å². The molecule has 2 aliphatic heterocycles. The van der Waals surface area contributed by atoms with Gasteiger partial charge in [0.2, 0.25) is 6.29 Å². The first kappa shape index (κ1) is 14.8. The third kappa shape index (κ3) is 2.87. The second kappa shape index (κ2) is 6.00. The Hall–Kier alpha value is -1.82. The van der Waals surface area contributed by atoms with E-state index in [1.165, 1.54) is 5.56 Å². The minimum Gasteiger partial charge on any atom is -0.460 e. The molecule has 5 heteroatoms. The fraction of sp³-hybridized carbons (Fsp3) is 0.333. The van der Waals surface area contributed by atoms with Crippen LogP contribution in [0.1, 0.15) is 16.0 Å². The molecule has 1 unspecified atom stereocenters. The summed E-state index contributed by atoms with van der Waals surface area (Å²) in [6.45, 7) is 6.06. The van der Waals surface area contributed by atoms with Gasteiger partial charge in [0, 0.05) is 53.9 Å². The Morgan fingerprint density at radius 2 is 2.09 bits per heavy atom. The number of hydrogen-bond donors (Lipinski definition) is 2. The molecule has 2 aliphatic rings. The Kier molecular flexibility index (Phi) is 3.85. The molecule has 4 rings (SSSR count). The van der Waals surface area contributed by atoms with Crippen molar-refractivity contribution in [3.8, 4) is 5.75 Å². The molecule has 0 saturated carbocycles. The molecule has 1 aromatic carbocycles. The Morgan fingerprint density at radius 1 is 1.26 bits per heavy atom. The first-order valence-corrected chi connectivity index (χ1v) is 8.80. The number of benzene rings is 1. The molecule has 2 aromatic rings. The number of nitrogens with zero attached hydrogens (tertiary/aromatic N) is 1. The molecule has 120 valence electrons. The van der Waals surface area contributed by atoms with E-state index in [0.29, 0.717) is 0 Å². The summed E-state index contributed by atoms with van der Waals surface area (Å²) in [7, 11) is 0. The maximum Gasteiger partial charge on any atom is 0.225 e. The Bertz CT molecular complexity index is 747. The third-order valence-corrected chi connectivity index (χ3v) is 5.41. The summed E-state index contributed by atoms with van der Waals surface area (Å²) < 4.78 is 5.79. The molecule has 1 aromatic heterocycles. The highest BCUT2D eigenvalue weighted by Crippen LogP contribution is 2.37. The van der Waals surface area contributed by atoms with E-state index in [-0.39, 0.29) is 0 Å². The summed E-state index contributed by atoms with van der Waals surface area (Å²) in [4.78, 5) is 3.40. The van der Waals surface area contributed by atoms with Crippen molar-refractivity contribution in [3.63, 3.8) is 0 Å². The molecule has 1 fully saturated rings. The van der Waals surface area contributed by atoms with Crippen molar-refractivity contribution in [3.05, 3.63) is 45.6 Å². The Balaban J connectivity index is 1.66. The average molecular weight is 328 g/mol. The fourth-order valence-electron chi connectivity index (χ4n) is 3.06. The minimum atomic E-state index is -0.904. The van der Waals surface area contributed by atoms with Crippen molar-refractivity contribution in [2.45, 2.75) is 13.2 Å². The van der Waals surface area contributed by atoms with E-state index in [1.54, 1.807) is 11.3 Å². The van der Waals surface area contributed by atoms with Gasteiger partial charge in [-0.15, -0.1) is 11.3 Å². The van der Waals surface area contributed by atoms with E-state index in [0.717, 1.165) is 53.6 Å². The number of thiophene rings is 1. The van der Waals surface area contributed by atoms with Crippen molar-refractivity contribution < 1.29 is 9.84 Å². The number of aryl methyl sites for hydroxylation is 1. The number of aliphatic hydroxyl groups excluding tert-OH is 1. The largest absolute Gasteiger partial charge is 0.460 e. The first-order valence-electron chi connectivity index (χ1n) is 7.92. The number of hydrogen-bond acceptors (Lipinski definition) is 5. The quantitative estimate of drug-likeness (QED) is 0.890. The molecule has 1 atom stereocenters. The zero-order valence-electron chi connectivity index (χ0n) is 13.1. The number of rotatable bonds is 2. The van der Waals surface area contributed by atoms with E-state index in [1.807, 2.05) is 12.1 Å². The van der Waals surface area contributed by atoms with E-state index in [9.17, 15) is 5.11 Å². The van der Waals surface area contributed by atoms with Crippen LogP contribution in [0.4, 0.5) is 5.69 Å². The van der Waals surface area contributed by atoms with Crippen LogP contribution in [0.5, 0.6) is 5.75 Å². The normalized spacial score (nSPS) is 20.7. The van der Waals surface area contributed by atoms with Crippen LogP contribution >= 0.6 is 11.3 Å². The average Bonchev–Trinajstić information content (AvgIpc) is 3.01. The highest BCUT2D eigenvalue weighted by atomic mass is 32.1. The molecule has 2 N–H and O–H groups in total. The molecule has 3 heterocycles. The molecule has 0 bridgehead atoms. The van der Waals surface area contributed by atoms with Gasteiger partial charge in [-0.05, 0) is 42.1 Å². The van der Waals surface area contributed by atoms with Crippen molar-refractivity contribution in [1.82, 2.24) is 5.32 Å². The van der Waals surface area contributed by atoms with Gasteiger partial charge in [-0.1, -0.05) is 0 Å². The van der Waals surface area contributed by atoms with Gasteiger partial charge >= 0.3 is 0 Å². The third-order valence-electron chi connectivity index (χ3n) is 4.31. The topological polar surface area (TPSA) is 44.7 Å². The molecular formula is C18H20N2O2S. The van der Waals surface area contributed by atoms with Crippen LogP contribution in [0.2, 0.25) is 0 Å². The zero-order valence-corrected chi connectivity index (χ0v) is 13.9. The molecule has 0 radical (unpaired) electrons. The number of aliphatic hydroxyl groups is 1. The minimum absolute atomic E-state index is 0.755. The lowest BCUT2D eigenvalue weighted by Crippen LogP contribution is -2.43. The number of ether oxygens (including phenoxy) is 1. The smallest absolute Gasteiger partial charge is 0.225 e. The van der Waals surface area contributed by atoms with Crippen molar-refractivity contribution in [1.29, 1.82) is 0 Å². The zero-order chi connectivity index (χ0) is 15.8. The predicted molar refractivity (Wildman–Crippen MR) is 95.1 cm³/mol. The van der Waals surface area contributed by atoms with E-state index in [4.69, 9.17) is 4.74 Å². The SMILES string of the molecule is Cc1csc(C2=Cc3ccc(N4CCNCC4)cc3OC2O)c1. The van der Waals surface area contributed by atoms with Gasteiger partial charge in [-0.3, -0.25) is 0 Å². The standard InChI is InChI=1S/C18H20N2O2S/c1-12-8-17(23-11-12)15-9-13-2-3-14(10-16(13)22-18(15)21)20-6-4-19-5-7-20/h2-3,8-11,18-19,21H,4-7H2,1H3. The summed E-state index contributed by atoms with van der Waals surface area (Å²) in [5.74, 6) is 0.755. The molecule has 0 spiro atoms. The molecule has 0 aliphatic carbocycles. The Morgan fingerprint density at radius 3 is 2.83 bits per heavy atom. The highest BCUT2D eigenvalue weighted by molar-refractivity contribution is 7.11. The van der Waals surface area contributed by atoms with Crippen LogP contribution in [0, 0.1) is 6.92 Å². The van der Waals surface area contributed by atoms with Crippen LogP contribution in [0.3, 0.4) is 0 Å². The number of anilines is 1. The van der Waals surface area contributed by atoms with Crippen LogP contribution in [-0.4, -0.2) is 37.6 Å². The van der Waals surface area contributed by atoms with Crippen molar-refractivity contribution >= 4 is 28.7 Å². The maximum atomic E-state index is 10.4. The lowest BCUT2D eigenvalue weighted by atomic mass is 10.0. The van der Waals surface area contributed by atoms with Gasteiger partial charge in [0.25, 0.3) is 0 Å². The van der Waals surface area contributed by atoms with Crippen molar-refractivity contribution in [2.24, 2.45) is 0 Å². The summed E-state index contributed by atoms with van der Waals surface area (Å²) in [6.07, 6.45) is 1.13. The fourth-order valence-corrected chi connectivity index (χ4v) is 3.99. The lowest BCUT2D eigenvalue weighted by Gasteiger charge is -2.31. The second-order valence-electron chi connectivity index (χ2n) is 6.02. The van der Waals surface area contributed by atoms with Gasteiger partial charge in [-0.2, -0.15) is 0 Å². The molecule has 4 nitrogen and oxygen atoms in total. The lowest BCUT2D eigenvalue weighted by molar-refractivity contribution is 0.0322. The summed E-state index contributed by atoms with van der Waals surface area (Å²) in [6, 6.07) is 8.35. The number of fused-ring (bicyclic) bond motifs is 1. The molecule has 0 amide bonds. The molecular weight excluding hydrogens is 308 g/mol. The van der Waals surface area contributed by atoms with E-state index < -0.39 is 6.29 Å². The number of piperazine rings is 1. The number of nitrogens with one attached hydrogen (secondary N) is 1. The van der Waals surface area contributed by atoms with Gasteiger partial charge in [0.1, 0.15) is 5.75 Å². The maximum absolute atomic E-state index is 10.4. The molecule has 23 heavy (non-hydrogen) atoms. The second-order valence-corrected chi connectivity index (χ2v) is 6.93. The van der Waals surface area contributed by atoms with E-state index in [2.05, 4.69) is 40.7 Å². The first-order chi connectivity index (χ1) is 11.2. The van der Waals surface area contributed by atoms with Crippen LogP contribution in [0.15, 0.2) is 29.6 Å². The Labute approximate surface area is 140 Å². The molecule has 1 saturated heterocycles. The monoisotopic (exact) mass is 328 g/mol. The highest BCUT2D eigenvalue weighted by Gasteiger charge is 2.23. The van der Waals surface area contributed by atoms with Crippen LogP contribution in [0.25, 0.3) is 11.6 Å². The van der Waals surface area contributed by atoms with Gasteiger partial charge in [-0.25, -0.2) is 0 Å².